The lowest BCUT2D eigenvalue weighted by Gasteiger charge is -2.28. The van der Waals surface area contributed by atoms with Crippen molar-refractivity contribution in [3.8, 4) is 0 Å². The fourth-order valence-corrected chi connectivity index (χ4v) is 6.98. The van der Waals surface area contributed by atoms with E-state index in [1.165, 1.54) is 29.5 Å². The van der Waals surface area contributed by atoms with Crippen LogP contribution in [0.15, 0.2) is 29.7 Å². The second-order valence-electron chi connectivity index (χ2n) is 11.2. The highest BCUT2D eigenvalue weighted by atomic mass is 31.2. The normalized spacial score (nSPS) is 31.8. The van der Waals surface area contributed by atoms with E-state index in [1.807, 2.05) is 0 Å². The molecule has 0 aliphatic carbocycles. The fourth-order valence-electron chi connectivity index (χ4n) is 5.68. The quantitative estimate of drug-likeness (QED) is 0.0960. The van der Waals surface area contributed by atoms with Crippen molar-refractivity contribution in [2.45, 2.75) is 74.6 Å². The Labute approximate surface area is 275 Å². The molecule has 0 bridgehead atoms. The summed E-state index contributed by atoms with van der Waals surface area (Å²) in [5.41, 5.74) is 11.0. The van der Waals surface area contributed by atoms with Gasteiger partial charge in [0, 0.05) is 25.6 Å². The minimum Gasteiger partial charge on any atom is -0.388 e. The number of rotatable bonds is 13. The number of aliphatic hydroxyl groups excluding tert-OH is 2. The Morgan fingerprint density at radius 2 is 1.76 bits per heavy atom. The van der Waals surface area contributed by atoms with Crippen molar-refractivity contribution in [1.29, 1.82) is 0 Å². The third-order valence-corrected chi connectivity index (χ3v) is 9.43. The molecule has 0 aromatic carbocycles. The molecule has 3 aromatic rings. The number of nitrogens with zero attached hydrogens (tertiary/aromatic N) is 6. The average Bonchev–Trinajstić information content (AvgIpc) is 3.82. The molecule has 10 atom stereocenters. The Morgan fingerprint density at radius 3 is 2.47 bits per heavy atom. The van der Waals surface area contributed by atoms with Crippen LogP contribution < -0.4 is 17.2 Å². The molecule has 3 aromatic heterocycles. The smallest absolute Gasteiger partial charge is 0.388 e. The summed E-state index contributed by atoms with van der Waals surface area (Å²) in [7, 11) is -10.1. The second-order valence-corrected chi connectivity index (χ2v) is 13.9. The second kappa shape index (κ2) is 14.3. The Morgan fingerprint density at radius 1 is 0.980 bits per heavy atom. The fraction of sp³-hybridized carbons (Fsp3) is 0.625. The first-order valence-corrected chi connectivity index (χ1v) is 17.8. The minimum atomic E-state index is -5.08. The first-order chi connectivity index (χ1) is 23.2. The molecule has 6 heterocycles. The number of hydrogen-bond donors (Lipinski definition) is 7. The number of phosphoric acid groups is 2. The van der Waals surface area contributed by atoms with Gasteiger partial charge in [0.15, 0.2) is 30.2 Å². The van der Waals surface area contributed by atoms with Gasteiger partial charge in [-0.1, -0.05) is 0 Å². The molecule has 0 saturated carbocycles. The van der Waals surface area contributed by atoms with E-state index in [0.717, 1.165) is 4.57 Å². The average molecular weight is 737 g/mol. The Kier molecular flexibility index (Phi) is 10.5. The first kappa shape index (κ1) is 35.8. The van der Waals surface area contributed by atoms with E-state index < -0.39 is 89.9 Å². The summed E-state index contributed by atoms with van der Waals surface area (Å²) in [4.78, 5) is 57.9. The number of ether oxygens (including phenoxy) is 4. The third kappa shape index (κ3) is 8.00. The van der Waals surface area contributed by atoms with Crippen molar-refractivity contribution >= 4 is 38.4 Å². The van der Waals surface area contributed by atoms with Crippen LogP contribution in [-0.4, -0.2) is 117 Å². The molecule has 3 fully saturated rings. The van der Waals surface area contributed by atoms with E-state index in [4.69, 9.17) is 39.5 Å². The number of fused-ring (bicyclic) bond motifs is 1. The van der Waals surface area contributed by atoms with Crippen LogP contribution in [0.3, 0.4) is 0 Å². The lowest BCUT2D eigenvalue weighted by atomic mass is 10.1. The van der Waals surface area contributed by atoms with Crippen LogP contribution in [-0.2, 0) is 41.6 Å². The van der Waals surface area contributed by atoms with Gasteiger partial charge in [-0.2, -0.15) is 4.98 Å². The van der Waals surface area contributed by atoms with E-state index >= 15 is 0 Å². The molecule has 270 valence electrons. The van der Waals surface area contributed by atoms with Crippen LogP contribution in [0.25, 0.3) is 11.2 Å². The van der Waals surface area contributed by atoms with Gasteiger partial charge in [0.05, 0.1) is 25.6 Å². The SMILES string of the molecule is Nc1ccn([C@@H]2O[C@H](COP(=O)(O)O)[C@@H](OP(=O)(O)OCC[C@H]3O[C@@H](n4cnc5c(N)ncnc54)[C@H](O)[C@@H]3O)[C@H]2OC2CCCO2)c(=O)n1. The Hall–Kier alpha value is -2.99. The van der Waals surface area contributed by atoms with E-state index in [-0.39, 0.29) is 29.2 Å². The molecule has 3 aliphatic heterocycles. The van der Waals surface area contributed by atoms with Crippen molar-refractivity contribution < 1.29 is 66.5 Å². The molecular formula is C24H34N8O15P2. The van der Waals surface area contributed by atoms with Crippen molar-refractivity contribution in [1.82, 2.24) is 29.1 Å². The number of anilines is 2. The van der Waals surface area contributed by atoms with Gasteiger partial charge in [0.1, 0.15) is 48.2 Å². The summed E-state index contributed by atoms with van der Waals surface area (Å²) in [6.07, 6.45) is -7.44. The van der Waals surface area contributed by atoms with Crippen LogP contribution in [0, 0.1) is 0 Å². The highest BCUT2D eigenvalue weighted by molar-refractivity contribution is 7.47. The Bertz CT molecular complexity index is 1790. The molecule has 0 radical (unpaired) electrons. The van der Waals surface area contributed by atoms with Crippen LogP contribution in [0.4, 0.5) is 11.6 Å². The molecule has 0 amide bonds. The van der Waals surface area contributed by atoms with Gasteiger partial charge in [0.2, 0.25) is 0 Å². The predicted octanol–water partition coefficient (Wildman–Crippen LogP) is -1.71. The van der Waals surface area contributed by atoms with Gasteiger partial charge < -0.3 is 55.3 Å². The molecule has 23 nitrogen and oxygen atoms in total. The number of imidazole rings is 1. The lowest BCUT2D eigenvalue weighted by Crippen LogP contribution is -2.41. The zero-order chi connectivity index (χ0) is 35.1. The van der Waals surface area contributed by atoms with Gasteiger partial charge >= 0.3 is 21.3 Å². The maximum atomic E-state index is 13.3. The monoisotopic (exact) mass is 736 g/mol. The summed E-state index contributed by atoms with van der Waals surface area (Å²) in [6, 6.07) is 1.28. The van der Waals surface area contributed by atoms with Gasteiger partial charge in [-0.05, 0) is 12.5 Å². The minimum absolute atomic E-state index is 0.0931. The van der Waals surface area contributed by atoms with Crippen molar-refractivity contribution in [3.05, 3.63) is 35.4 Å². The molecule has 9 N–H and O–H groups in total. The largest absolute Gasteiger partial charge is 0.472 e. The van der Waals surface area contributed by atoms with Crippen LogP contribution in [0.5, 0.6) is 0 Å². The van der Waals surface area contributed by atoms with E-state index in [1.54, 1.807) is 0 Å². The third-order valence-electron chi connectivity index (χ3n) is 7.93. The maximum Gasteiger partial charge on any atom is 0.472 e. The van der Waals surface area contributed by atoms with Gasteiger partial charge in [-0.3, -0.25) is 22.7 Å². The summed E-state index contributed by atoms with van der Waals surface area (Å²) in [6.45, 7) is -1.07. The Balaban J connectivity index is 1.17. The summed E-state index contributed by atoms with van der Waals surface area (Å²) < 4.78 is 65.6. The number of aromatic nitrogens is 6. The summed E-state index contributed by atoms with van der Waals surface area (Å²) >= 11 is 0. The van der Waals surface area contributed by atoms with E-state index in [0.29, 0.717) is 19.4 Å². The standard InChI is InChI=1S/C24H34N8O15P2/c25-13-3-5-31(24(35)30-13)23-19(46-14-2-1-6-41-14)18(12(45-23)8-43-48(36,37)38)47-49(39,40)42-7-4-11-16(33)17(34)22(44-11)32-10-29-15-20(26)27-9-28-21(15)32/h3,5,9-12,14,16-19,22-23,33-34H,1-2,4,6-8H2,(H,39,40)(H2,25,30,35)(H2,26,27,28)(H2,36,37,38)/t11-,12-,14?,16-,17-,18-,19-,22-,23-/m1/s1. The van der Waals surface area contributed by atoms with E-state index in [2.05, 4.69) is 24.5 Å². The molecule has 3 aliphatic rings. The van der Waals surface area contributed by atoms with Gasteiger partial charge in [-0.25, -0.2) is 28.9 Å². The van der Waals surface area contributed by atoms with Gasteiger partial charge in [-0.15, -0.1) is 0 Å². The number of nitrogen functional groups attached to an aromatic ring is 2. The van der Waals surface area contributed by atoms with Crippen molar-refractivity contribution in [2.75, 3.05) is 31.3 Å². The van der Waals surface area contributed by atoms with Crippen molar-refractivity contribution in [3.63, 3.8) is 0 Å². The van der Waals surface area contributed by atoms with Gasteiger partial charge in [0.25, 0.3) is 0 Å². The number of hydrogen-bond acceptors (Lipinski definition) is 18. The molecule has 3 saturated heterocycles. The van der Waals surface area contributed by atoms with Crippen LogP contribution >= 0.6 is 15.6 Å². The highest BCUT2D eigenvalue weighted by Crippen LogP contribution is 2.50. The zero-order valence-corrected chi connectivity index (χ0v) is 27.1. The van der Waals surface area contributed by atoms with Crippen LogP contribution in [0.1, 0.15) is 31.7 Å². The zero-order valence-electron chi connectivity index (χ0n) is 25.3. The molecule has 2 unspecified atom stereocenters. The number of phosphoric ester groups is 2. The predicted molar refractivity (Wildman–Crippen MR) is 160 cm³/mol. The highest BCUT2D eigenvalue weighted by Gasteiger charge is 2.52. The molecule has 0 spiro atoms. The molecule has 25 heteroatoms. The first-order valence-electron chi connectivity index (χ1n) is 14.8. The number of aliphatic hydroxyl groups is 2. The van der Waals surface area contributed by atoms with Crippen molar-refractivity contribution in [2.24, 2.45) is 0 Å². The molecule has 49 heavy (non-hydrogen) atoms. The van der Waals surface area contributed by atoms with E-state index in [9.17, 15) is 38.8 Å². The molecular weight excluding hydrogens is 702 g/mol. The topological polar surface area (TPSA) is 330 Å². The summed E-state index contributed by atoms with van der Waals surface area (Å²) in [5, 5.41) is 21.4. The molecule has 6 rings (SSSR count). The number of nitrogens with two attached hydrogens (primary N) is 2. The maximum absolute atomic E-state index is 13.3. The van der Waals surface area contributed by atoms with Crippen LogP contribution in [0.2, 0.25) is 0 Å². The summed E-state index contributed by atoms with van der Waals surface area (Å²) in [5.74, 6) is -0.0129. The lowest BCUT2D eigenvalue weighted by molar-refractivity contribution is -0.181.